The van der Waals surface area contributed by atoms with Crippen LogP contribution in [-0.4, -0.2) is 13.2 Å². The lowest BCUT2D eigenvalue weighted by Crippen LogP contribution is -2.35. The van der Waals surface area contributed by atoms with Crippen LogP contribution in [0.1, 0.15) is 44.2 Å². The van der Waals surface area contributed by atoms with Crippen molar-refractivity contribution in [3.63, 3.8) is 0 Å². The quantitative estimate of drug-likeness (QED) is 0.887. The summed E-state index contributed by atoms with van der Waals surface area (Å²) in [5, 5.41) is 3.71. The molecule has 0 saturated heterocycles. The monoisotopic (exact) mass is 261 g/mol. The highest BCUT2D eigenvalue weighted by Gasteiger charge is 2.23. The van der Waals surface area contributed by atoms with Gasteiger partial charge in [-0.1, -0.05) is 26.0 Å². The Labute approximate surface area is 117 Å². The van der Waals surface area contributed by atoms with Crippen molar-refractivity contribution < 1.29 is 4.74 Å². The molecule has 0 radical (unpaired) electrons. The summed E-state index contributed by atoms with van der Waals surface area (Å²) < 4.78 is 5.30. The van der Waals surface area contributed by atoms with Gasteiger partial charge in [-0.15, -0.1) is 0 Å². The molecule has 0 spiro atoms. The van der Waals surface area contributed by atoms with Gasteiger partial charge in [0.15, 0.2) is 0 Å². The highest BCUT2D eigenvalue weighted by molar-refractivity contribution is 5.36. The highest BCUT2D eigenvalue weighted by atomic mass is 16.5. The summed E-state index contributed by atoms with van der Waals surface area (Å²) >= 11 is 0. The first-order valence-corrected chi connectivity index (χ1v) is 7.47. The summed E-state index contributed by atoms with van der Waals surface area (Å²) in [6, 6.07) is 7.14. The van der Waals surface area contributed by atoms with Crippen LogP contribution in [-0.2, 0) is 6.54 Å². The minimum absolute atomic E-state index is 0.689. The molecule has 3 atom stereocenters. The van der Waals surface area contributed by atoms with Crippen molar-refractivity contribution in [3.8, 4) is 5.75 Å². The van der Waals surface area contributed by atoms with Gasteiger partial charge in [0.2, 0.25) is 0 Å². The predicted molar refractivity (Wildman–Crippen MR) is 80.5 cm³/mol. The Morgan fingerprint density at radius 1 is 1.21 bits per heavy atom. The maximum atomic E-state index is 5.30. The molecule has 19 heavy (non-hydrogen) atoms. The van der Waals surface area contributed by atoms with Crippen molar-refractivity contribution in [2.24, 2.45) is 11.8 Å². The third-order valence-electron chi connectivity index (χ3n) is 4.65. The summed E-state index contributed by atoms with van der Waals surface area (Å²) in [4.78, 5) is 0. The largest absolute Gasteiger partial charge is 0.496 e. The smallest absolute Gasteiger partial charge is 0.121 e. The summed E-state index contributed by atoms with van der Waals surface area (Å²) in [7, 11) is 1.73. The minimum atomic E-state index is 0.689. The van der Waals surface area contributed by atoms with Crippen molar-refractivity contribution in [1.82, 2.24) is 5.32 Å². The Balaban J connectivity index is 1.87. The number of aryl methyl sites for hydroxylation is 1. The Hall–Kier alpha value is -1.02. The van der Waals surface area contributed by atoms with Crippen molar-refractivity contribution in [2.45, 2.75) is 52.6 Å². The average molecular weight is 261 g/mol. The topological polar surface area (TPSA) is 21.3 Å². The molecule has 1 N–H and O–H groups in total. The highest BCUT2D eigenvalue weighted by Crippen LogP contribution is 2.29. The molecular formula is C17H27NO. The number of ether oxygens (including phenoxy) is 1. The summed E-state index contributed by atoms with van der Waals surface area (Å²) in [5.74, 6) is 2.72. The Morgan fingerprint density at radius 3 is 2.63 bits per heavy atom. The van der Waals surface area contributed by atoms with Crippen LogP contribution in [0.3, 0.4) is 0 Å². The molecule has 0 aliphatic heterocycles. The fourth-order valence-corrected chi connectivity index (χ4v) is 3.05. The zero-order valence-electron chi connectivity index (χ0n) is 12.7. The Bertz CT molecular complexity index is 416. The first-order chi connectivity index (χ1) is 9.10. The molecule has 1 fully saturated rings. The molecule has 1 aromatic rings. The van der Waals surface area contributed by atoms with Crippen LogP contribution in [0.15, 0.2) is 18.2 Å². The van der Waals surface area contributed by atoms with E-state index in [0.29, 0.717) is 6.04 Å². The zero-order chi connectivity index (χ0) is 13.8. The summed E-state index contributed by atoms with van der Waals surface area (Å²) in [6.07, 6.45) is 4.00. The predicted octanol–water partition coefficient (Wildman–Crippen LogP) is 3.92. The van der Waals surface area contributed by atoms with Crippen LogP contribution in [0.4, 0.5) is 0 Å². The van der Waals surface area contributed by atoms with Gasteiger partial charge in [-0.25, -0.2) is 0 Å². The fraction of sp³-hybridized carbons (Fsp3) is 0.647. The van der Waals surface area contributed by atoms with E-state index in [9.17, 15) is 0 Å². The molecular weight excluding hydrogens is 234 g/mol. The van der Waals surface area contributed by atoms with E-state index in [0.717, 1.165) is 24.1 Å². The van der Waals surface area contributed by atoms with E-state index in [4.69, 9.17) is 4.74 Å². The average Bonchev–Trinajstić information content (AvgIpc) is 2.40. The van der Waals surface area contributed by atoms with Crippen LogP contribution in [0, 0.1) is 18.8 Å². The molecule has 0 amide bonds. The molecule has 2 nitrogen and oxygen atoms in total. The lowest BCUT2D eigenvalue weighted by atomic mass is 9.79. The van der Waals surface area contributed by atoms with Gasteiger partial charge in [0.25, 0.3) is 0 Å². The molecule has 106 valence electrons. The van der Waals surface area contributed by atoms with E-state index < -0.39 is 0 Å². The van der Waals surface area contributed by atoms with E-state index in [1.54, 1.807) is 7.11 Å². The second-order valence-corrected chi connectivity index (χ2v) is 6.15. The van der Waals surface area contributed by atoms with Gasteiger partial charge >= 0.3 is 0 Å². The van der Waals surface area contributed by atoms with E-state index >= 15 is 0 Å². The standard InChI is InChI=1S/C17H27NO/c1-12-5-7-16(10-13(12)2)18-11-15-6-8-17(19-4)14(3)9-15/h6,8-9,12-13,16,18H,5,7,10-11H2,1-4H3. The maximum Gasteiger partial charge on any atom is 0.121 e. The van der Waals surface area contributed by atoms with E-state index in [-0.39, 0.29) is 0 Å². The maximum absolute atomic E-state index is 5.30. The van der Waals surface area contributed by atoms with Gasteiger partial charge in [-0.05, 0) is 55.2 Å². The molecule has 3 unspecified atom stereocenters. The molecule has 2 heteroatoms. The second-order valence-electron chi connectivity index (χ2n) is 6.15. The first kappa shape index (κ1) is 14.4. The normalized spacial score (nSPS) is 27.3. The number of rotatable bonds is 4. The molecule has 0 bridgehead atoms. The van der Waals surface area contributed by atoms with E-state index in [2.05, 4.69) is 44.3 Å². The van der Waals surface area contributed by atoms with Crippen molar-refractivity contribution in [3.05, 3.63) is 29.3 Å². The van der Waals surface area contributed by atoms with Crippen LogP contribution in [0.25, 0.3) is 0 Å². The second kappa shape index (κ2) is 6.42. The minimum Gasteiger partial charge on any atom is -0.496 e. The van der Waals surface area contributed by atoms with Gasteiger partial charge in [0.05, 0.1) is 7.11 Å². The van der Waals surface area contributed by atoms with Crippen molar-refractivity contribution in [1.29, 1.82) is 0 Å². The van der Waals surface area contributed by atoms with Gasteiger partial charge in [0.1, 0.15) is 5.75 Å². The summed E-state index contributed by atoms with van der Waals surface area (Å²) in [5.41, 5.74) is 2.57. The lowest BCUT2D eigenvalue weighted by molar-refractivity contribution is 0.225. The molecule has 2 rings (SSSR count). The Morgan fingerprint density at radius 2 is 2.00 bits per heavy atom. The molecule has 0 heterocycles. The van der Waals surface area contributed by atoms with Crippen molar-refractivity contribution in [2.75, 3.05) is 7.11 Å². The van der Waals surface area contributed by atoms with Crippen LogP contribution >= 0.6 is 0 Å². The first-order valence-electron chi connectivity index (χ1n) is 7.47. The molecule has 1 saturated carbocycles. The lowest BCUT2D eigenvalue weighted by Gasteiger charge is -2.32. The summed E-state index contributed by atoms with van der Waals surface area (Å²) in [6.45, 7) is 7.84. The molecule has 1 aromatic carbocycles. The number of hydrogen-bond donors (Lipinski definition) is 1. The zero-order valence-corrected chi connectivity index (χ0v) is 12.7. The van der Waals surface area contributed by atoms with Crippen molar-refractivity contribution >= 4 is 0 Å². The SMILES string of the molecule is COc1ccc(CNC2CCC(C)C(C)C2)cc1C. The fourth-order valence-electron chi connectivity index (χ4n) is 3.05. The molecule has 1 aliphatic carbocycles. The Kier molecular flexibility index (Phi) is 4.87. The van der Waals surface area contributed by atoms with E-state index in [1.807, 2.05) is 0 Å². The van der Waals surface area contributed by atoms with Crippen LogP contribution in [0.5, 0.6) is 5.75 Å². The van der Waals surface area contributed by atoms with Gasteiger partial charge in [0, 0.05) is 12.6 Å². The van der Waals surface area contributed by atoms with Crippen LogP contribution in [0.2, 0.25) is 0 Å². The third kappa shape index (κ3) is 3.73. The van der Waals surface area contributed by atoms with Gasteiger partial charge < -0.3 is 10.1 Å². The number of nitrogens with one attached hydrogen (secondary N) is 1. The third-order valence-corrected chi connectivity index (χ3v) is 4.65. The number of methoxy groups -OCH3 is 1. The van der Waals surface area contributed by atoms with Gasteiger partial charge in [-0.3, -0.25) is 0 Å². The molecule has 1 aliphatic rings. The molecule has 0 aromatic heterocycles. The number of benzene rings is 1. The number of hydrogen-bond acceptors (Lipinski definition) is 2. The van der Waals surface area contributed by atoms with E-state index in [1.165, 1.54) is 30.4 Å². The van der Waals surface area contributed by atoms with Gasteiger partial charge in [-0.2, -0.15) is 0 Å². The van der Waals surface area contributed by atoms with Crippen LogP contribution < -0.4 is 10.1 Å².